The van der Waals surface area contributed by atoms with Crippen LogP contribution in [-0.4, -0.2) is 83.4 Å². The van der Waals surface area contributed by atoms with Gasteiger partial charge in [-0.15, -0.1) is 0 Å². The van der Waals surface area contributed by atoms with Gasteiger partial charge in [-0.1, -0.05) is 77.0 Å². The summed E-state index contributed by atoms with van der Waals surface area (Å²) in [5.74, 6) is -1.47. The number of rotatable bonds is 14. The second-order valence-corrected chi connectivity index (χ2v) is 25.7. The molecule has 0 aliphatic heterocycles. The normalized spacial score (nSPS) is 10.7. The second-order valence-electron chi connectivity index (χ2n) is 23.0. The zero-order valence-corrected chi connectivity index (χ0v) is 58.0. The molecule has 15 rings (SSSR count). The minimum absolute atomic E-state index is 0. The monoisotopic (exact) mass is 1490 g/mol. The highest BCUT2D eigenvalue weighted by molar-refractivity contribution is 6.33. The fraction of sp³-hybridized carbons (Fsp3) is 0.0921. The molecular weight excluding hydrogens is 1440 g/mol. The second kappa shape index (κ2) is 33.2. The number of amides is 2. The van der Waals surface area contributed by atoms with E-state index < -0.39 is 5.97 Å². The molecule has 0 radical (unpaired) electrons. The lowest BCUT2D eigenvalue weighted by Gasteiger charge is -2.08. The van der Waals surface area contributed by atoms with Crippen molar-refractivity contribution in [3.63, 3.8) is 0 Å². The molecule has 514 valence electrons. The van der Waals surface area contributed by atoms with Crippen molar-refractivity contribution in [1.82, 2.24) is 71.1 Å². The molecule has 2 amide bonds. The van der Waals surface area contributed by atoms with Crippen molar-refractivity contribution in [2.24, 2.45) is 5.73 Å². The quantitative estimate of drug-likeness (QED) is 0.0532. The number of halogens is 6. The zero-order chi connectivity index (χ0) is 72.3. The lowest BCUT2D eigenvalue weighted by Crippen LogP contribution is -2.23. The Labute approximate surface area is 622 Å². The Bertz CT molecular complexity index is 5700. The smallest absolute Gasteiger partial charge is 0.335 e. The summed E-state index contributed by atoms with van der Waals surface area (Å²) in [5.41, 5.74) is 19.3. The first kappa shape index (κ1) is 73.2. The fourth-order valence-corrected chi connectivity index (χ4v) is 12.3. The average molecular weight is 1500 g/mol. The van der Waals surface area contributed by atoms with Crippen LogP contribution in [0.3, 0.4) is 0 Å². The van der Waals surface area contributed by atoms with E-state index >= 15 is 0 Å². The van der Waals surface area contributed by atoms with E-state index in [1.54, 1.807) is 85.2 Å². The lowest BCUT2D eigenvalue weighted by molar-refractivity contribution is 0.0696. The van der Waals surface area contributed by atoms with E-state index in [0.29, 0.717) is 117 Å². The van der Waals surface area contributed by atoms with E-state index in [1.807, 2.05) is 60.7 Å². The molecule has 0 unspecified atom stereocenters. The van der Waals surface area contributed by atoms with Gasteiger partial charge < -0.3 is 21.5 Å². The standard InChI is InChI=1S/2C25H16Cl2N6O.C17H10ClN3O2.C8H8ClN3.CH4/c2*26-18-1-2-22-21(10-18)23(33-32-22)13-31-25(34)15-3-4-29-20(9-15)7-14-5-16-8-19(27)12-30-24(16)17(6-14)11-28;18-14-6-12-3-10(4-13(8-19)16(12)21-9-14)5-15-7-11(17(22)23)1-2-20-15;9-5-1-2-7-6(3-5)8(4-10)12-11-7;/h2*1-6,8-10,12H,7,13H2,(H,31,34)(H,32,33);1-4,6-7,9H,5H2,(H,22,23);1-3H,4,10H2,(H,11,12);1H4. The molecule has 8 N–H and O–H groups in total. The van der Waals surface area contributed by atoms with Crippen molar-refractivity contribution in [3.05, 3.63) is 297 Å². The number of hydrogen-bond donors (Lipinski definition) is 7. The summed E-state index contributed by atoms with van der Waals surface area (Å²) in [6.45, 7) is 1.01. The van der Waals surface area contributed by atoms with Gasteiger partial charge in [0.2, 0.25) is 0 Å². The number of benzene rings is 6. The summed E-state index contributed by atoms with van der Waals surface area (Å²) in [6.07, 6.45) is 10.5. The molecule has 15 aromatic rings. The number of nitriles is 3. The first-order valence-electron chi connectivity index (χ1n) is 31.0. The molecule has 0 aliphatic rings. The van der Waals surface area contributed by atoms with Crippen LogP contribution in [0.15, 0.2) is 183 Å². The number of nitrogens with two attached hydrogens (primary N) is 1. The van der Waals surface area contributed by atoms with Gasteiger partial charge in [-0.3, -0.25) is 54.8 Å². The molecule has 6 aromatic carbocycles. The van der Waals surface area contributed by atoms with Gasteiger partial charge in [0.05, 0.1) is 101 Å². The number of aromatic carboxylic acids is 1. The predicted octanol–water partition coefficient (Wildman–Crippen LogP) is 16.2. The molecule has 9 heterocycles. The average Bonchev–Trinajstić information content (AvgIpc) is 1.41. The third-order valence-electron chi connectivity index (χ3n) is 16.0. The molecule has 28 heteroatoms. The van der Waals surface area contributed by atoms with E-state index in [1.165, 1.54) is 36.9 Å². The Balaban J connectivity index is 0.000000146. The number of hydrogen-bond acceptors (Lipinski definition) is 16. The van der Waals surface area contributed by atoms with Crippen LogP contribution < -0.4 is 16.4 Å². The number of carbonyl (C=O) groups is 3. The third kappa shape index (κ3) is 17.6. The summed E-state index contributed by atoms with van der Waals surface area (Å²) >= 11 is 36.1. The van der Waals surface area contributed by atoms with Gasteiger partial charge in [-0.05, 0) is 162 Å². The van der Waals surface area contributed by atoms with Crippen LogP contribution in [0.4, 0.5) is 0 Å². The van der Waals surface area contributed by atoms with Crippen molar-refractivity contribution in [2.75, 3.05) is 0 Å². The first-order chi connectivity index (χ1) is 49.9. The minimum atomic E-state index is -0.999. The first-order valence-corrected chi connectivity index (χ1v) is 33.3. The largest absolute Gasteiger partial charge is 0.478 e. The number of aromatic amines is 3. The van der Waals surface area contributed by atoms with Crippen LogP contribution in [0.1, 0.15) is 106 Å². The number of pyridine rings is 6. The molecule has 0 fully saturated rings. The van der Waals surface area contributed by atoms with Gasteiger partial charge in [-0.25, -0.2) is 4.79 Å². The SMILES string of the molecule is C.N#Cc1cc(Cc2cc(C(=O)NCc3[nH]nc4ccc(Cl)cc34)ccn2)cc2cc(Cl)cnc12.N#Cc1cc(Cc2cc(C(=O)NCc3[nH]nc4ccc(Cl)cc34)ccn2)cc2cc(Cl)cnc12.N#Cc1cc(Cc2cc(C(=O)O)ccn2)cc2cc(Cl)cnc12.NCc1[nH]nc2ccc(Cl)cc12. The molecule has 0 saturated carbocycles. The molecule has 0 spiro atoms. The molecule has 9 aromatic heterocycles. The van der Waals surface area contributed by atoms with Gasteiger partial charge in [-0.2, -0.15) is 31.1 Å². The Hall–Kier alpha value is -12.0. The van der Waals surface area contributed by atoms with E-state index in [2.05, 4.69) is 89.3 Å². The van der Waals surface area contributed by atoms with Gasteiger partial charge in [0, 0.05) is 139 Å². The summed E-state index contributed by atoms with van der Waals surface area (Å²) in [6, 6.07) is 48.9. The highest BCUT2D eigenvalue weighted by atomic mass is 35.5. The molecule has 0 aliphatic carbocycles. The summed E-state index contributed by atoms with van der Waals surface area (Å²) in [5, 5.41) is 72.9. The molecule has 22 nitrogen and oxygen atoms in total. The van der Waals surface area contributed by atoms with Crippen LogP contribution >= 0.6 is 69.6 Å². The topological polar surface area (TPSA) is 356 Å². The summed E-state index contributed by atoms with van der Waals surface area (Å²) in [4.78, 5) is 62.3. The maximum atomic E-state index is 12.8. The highest BCUT2D eigenvalue weighted by Crippen LogP contribution is 2.29. The number of H-pyrrole nitrogens is 3. The highest BCUT2D eigenvalue weighted by Gasteiger charge is 2.17. The molecule has 0 bridgehead atoms. The maximum absolute atomic E-state index is 12.8. The van der Waals surface area contributed by atoms with E-state index in [0.717, 1.165) is 82.6 Å². The van der Waals surface area contributed by atoms with Crippen molar-refractivity contribution in [3.8, 4) is 18.2 Å². The van der Waals surface area contributed by atoms with Crippen molar-refractivity contribution in [1.29, 1.82) is 15.8 Å². The number of fused-ring (bicyclic) bond motifs is 6. The Morgan fingerprint density at radius 1 is 0.413 bits per heavy atom. The van der Waals surface area contributed by atoms with Gasteiger partial charge in [0.1, 0.15) is 18.2 Å². The van der Waals surface area contributed by atoms with E-state index in [4.69, 9.17) is 80.4 Å². The third-order valence-corrected chi connectivity index (χ3v) is 17.3. The van der Waals surface area contributed by atoms with Crippen molar-refractivity contribution in [2.45, 2.75) is 46.3 Å². The maximum Gasteiger partial charge on any atom is 0.335 e. The van der Waals surface area contributed by atoms with Gasteiger partial charge in [0.15, 0.2) is 0 Å². The minimum Gasteiger partial charge on any atom is -0.478 e. The number of nitrogens with zero attached hydrogens (tertiary/aromatic N) is 12. The molecule has 0 atom stereocenters. The molecule has 104 heavy (non-hydrogen) atoms. The molecule has 0 saturated heterocycles. The van der Waals surface area contributed by atoms with Crippen LogP contribution in [0.25, 0.3) is 65.4 Å². The zero-order valence-electron chi connectivity index (χ0n) is 53.4. The fourth-order valence-electron chi connectivity index (χ4n) is 11.3. The molecular formula is C76H54Cl6N18O4. The number of carbonyl (C=O) groups excluding carboxylic acids is 2. The van der Waals surface area contributed by atoms with Gasteiger partial charge >= 0.3 is 5.97 Å². The number of aromatic nitrogens is 12. The Kier molecular flexibility index (Phi) is 23.4. The van der Waals surface area contributed by atoms with Crippen LogP contribution in [-0.2, 0) is 38.9 Å². The summed E-state index contributed by atoms with van der Waals surface area (Å²) < 4.78 is 0. The number of carboxylic acid groups (broad SMARTS) is 1. The van der Waals surface area contributed by atoms with E-state index in [9.17, 15) is 30.2 Å². The summed E-state index contributed by atoms with van der Waals surface area (Å²) in [7, 11) is 0. The van der Waals surface area contributed by atoms with Crippen LogP contribution in [0.5, 0.6) is 0 Å². The number of carboxylic acids is 1. The van der Waals surface area contributed by atoms with Gasteiger partial charge in [0.25, 0.3) is 11.8 Å². The predicted molar refractivity (Wildman–Crippen MR) is 403 cm³/mol. The number of nitrogens with one attached hydrogen (secondary N) is 5. The lowest BCUT2D eigenvalue weighted by atomic mass is 10.0. The Morgan fingerprint density at radius 3 is 1.08 bits per heavy atom. The van der Waals surface area contributed by atoms with E-state index in [-0.39, 0.29) is 37.9 Å². The van der Waals surface area contributed by atoms with Crippen LogP contribution in [0.2, 0.25) is 30.1 Å². The van der Waals surface area contributed by atoms with Crippen LogP contribution in [0, 0.1) is 34.0 Å². The Morgan fingerprint density at radius 2 is 0.740 bits per heavy atom. The van der Waals surface area contributed by atoms with Crippen molar-refractivity contribution < 1.29 is 19.5 Å². The van der Waals surface area contributed by atoms with Crippen molar-refractivity contribution >= 4 is 153 Å².